The Balaban J connectivity index is 1.64. The van der Waals surface area contributed by atoms with Crippen molar-refractivity contribution < 1.29 is 33.8 Å². The van der Waals surface area contributed by atoms with Crippen LogP contribution in [-0.4, -0.2) is 36.0 Å². The van der Waals surface area contributed by atoms with Gasteiger partial charge in [-0.2, -0.15) is 0 Å². The molecule has 0 saturated carbocycles. The van der Waals surface area contributed by atoms with Gasteiger partial charge in [0, 0.05) is 10.6 Å². The molecule has 0 atom stereocenters. The highest BCUT2D eigenvalue weighted by Gasteiger charge is 2.37. The molecule has 1 aliphatic heterocycles. The smallest absolute Gasteiger partial charge is 0.335 e. The highest BCUT2D eigenvalue weighted by molar-refractivity contribution is 6.39. The van der Waals surface area contributed by atoms with Crippen molar-refractivity contribution in [3.8, 4) is 11.5 Å². The number of hydrogen-bond donors (Lipinski definition) is 2. The Morgan fingerprint density at radius 1 is 1.03 bits per heavy atom. The van der Waals surface area contributed by atoms with E-state index in [9.17, 15) is 19.2 Å². The van der Waals surface area contributed by atoms with Gasteiger partial charge >= 0.3 is 12.0 Å². The van der Waals surface area contributed by atoms with E-state index >= 15 is 0 Å². The number of benzene rings is 3. The lowest BCUT2D eigenvalue weighted by Gasteiger charge is -2.26. The van der Waals surface area contributed by atoms with Gasteiger partial charge in [-0.25, -0.2) is 14.5 Å². The minimum atomic E-state index is -1.16. The Labute approximate surface area is 220 Å². The van der Waals surface area contributed by atoms with Crippen LogP contribution in [0.25, 0.3) is 6.08 Å². The minimum Gasteiger partial charge on any atom is -0.493 e. The third kappa shape index (κ3) is 5.42. The number of urea groups is 1. The fourth-order valence-electron chi connectivity index (χ4n) is 3.54. The van der Waals surface area contributed by atoms with E-state index in [1.807, 2.05) is 6.07 Å². The molecule has 1 saturated heterocycles. The van der Waals surface area contributed by atoms with Gasteiger partial charge in [0.25, 0.3) is 11.8 Å². The zero-order valence-corrected chi connectivity index (χ0v) is 20.7. The molecule has 0 radical (unpaired) electrons. The first-order valence-electron chi connectivity index (χ1n) is 10.7. The van der Waals surface area contributed by atoms with Crippen LogP contribution in [0.1, 0.15) is 21.5 Å². The number of methoxy groups -OCH3 is 1. The Kier molecular flexibility index (Phi) is 7.47. The molecular weight excluding hydrogens is 523 g/mol. The number of carboxylic acids is 1. The molecule has 0 spiro atoms. The Morgan fingerprint density at radius 2 is 1.73 bits per heavy atom. The Hall–Kier alpha value is -4.34. The number of carbonyl (C=O) groups is 4. The second-order valence-corrected chi connectivity index (χ2v) is 8.54. The second-order valence-electron chi connectivity index (χ2n) is 7.72. The SMILES string of the molecule is COc1cc(/C=C2\C(=O)NC(=O)N(c3ccc(C(=O)O)cc3)C2=O)cc(Cl)c1OCc1ccccc1Cl. The molecule has 3 aromatic carbocycles. The van der Waals surface area contributed by atoms with Crippen molar-refractivity contribution in [1.29, 1.82) is 0 Å². The number of amides is 4. The van der Waals surface area contributed by atoms with Crippen LogP contribution in [-0.2, 0) is 16.2 Å². The van der Waals surface area contributed by atoms with Gasteiger partial charge in [0.2, 0.25) is 0 Å². The summed E-state index contributed by atoms with van der Waals surface area (Å²) >= 11 is 12.6. The van der Waals surface area contributed by atoms with Crippen LogP contribution in [0.3, 0.4) is 0 Å². The zero-order valence-electron chi connectivity index (χ0n) is 19.2. The molecule has 4 amide bonds. The summed E-state index contributed by atoms with van der Waals surface area (Å²) < 4.78 is 11.2. The van der Waals surface area contributed by atoms with E-state index in [0.29, 0.717) is 10.6 Å². The number of nitrogens with zero attached hydrogens (tertiary/aromatic N) is 1. The molecule has 4 rings (SSSR count). The van der Waals surface area contributed by atoms with Crippen LogP contribution >= 0.6 is 23.2 Å². The zero-order chi connectivity index (χ0) is 26.7. The summed E-state index contributed by atoms with van der Waals surface area (Å²) in [5.74, 6) is -2.48. The van der Waals surface area contributed by atoms with Gasteiger partial charge in [0.15, 0.2) is 11.5 Å². The van der Waals surface area contributed by atoms with Gasteiger partial charge in [-0.3, -0.25) is 14.9 Å². The normalized spacial score (nSPS) is 14.5. The maximum atomic E-state index is 13.1. The first-order chi connectivity index (χ1) is 17.7. The van der Waals surface area contributed by atoms with Crippen LogP contribution in [0.4, 0.5) is 10.5 Å². The maximum Gasteiger partial charge on any atom is 0.335 e. The number of barbiturate groups is 1. The topological polar surface area (TPSA) is 122 Å². The van der Waals surface area contributed by atoms with Crippen LogP contribution in [0.5, 0.6) is 11.5 Å². The Bertz CT molecular complexity index is 1450. The monoisotopic (exact) mass is 540 g/mol. The number of carbonyl (C=O) groups excluding carboxylic acids is 3. The van der Waals surface area contributed by atoms with E-state index in [1.54, 1.807) is 18.2 Å². The van der Waals surface area contributed by atoms with Crippen LogP contribution in [0, 0.1) is 0 Å². The fraction of sp³-hybridized carbons (Fsp3) is 0.0769. The quantitative estimate of drug-likeness (QED) is 0.321. The molecule has 188 valence electrons. The molecule has 0 bridgehead atoms. The largest absolute Gasteiger partial charge is 0.493 e. The lowest BCUT2D eigenvalue weighted by Crippen LogP contribution is -2.54. The van der Waals surface area contributed by atoms with Crippen molar-refractivity contribution in [3.05, 3.63) is 93.0 Å². The van der Waals surface area contributed by atoms with Gasteiger partial charge in [-0.05, 0) is 54.1 Å². The van der Waals surface area contributed by atoms with E-state index in [4.69, 9.17) is 37.8 Å². The van der Waals surface area contributed by atoms with E-state index < -0.39 is 23.8 Å². The van der Waals surface area contributed by atoms with Gasteiger partial charge in [0.1, 0.15) is 12.2 Å². The third-order valence-corrected chi connectivity index (χ3v) is 6.02. The summed E-state index contributed by atoms with van der Waals surface area (Å²) in [6.07, 6.45) is 1.26. The number of imide groups is 2. The van der Waals surface area contributed by atoms with Crippen LogP contribution < -0.4 is 19.7 Å². The summed E-state index contributed by atoms with van der Waals surface area (Å²) in [5, 5.41) is 11.9. The molecule has 1 fully saturated rings. The number of anilines is 1. The molecule has 1 aliphatic rings. The summed E-state index contributed by atoms with van der Waals surface area (Å²) in [5.41, 5.74) is 0.786. The molecule has 3 aromatic rings. The number of aromatic carboxylic acids is 1. The van der Waals surface area contributed by atoms with Gasteiger partial charge in [-0.15, -0.1) is 0 Å². The lowest BCUT2D eigenvalue weighted by molar-refractivity contribution is -0.122. The molecule has 2 N–H and O–H groups in total. The first kappa shape index (κ1) is 25.7. The van der Waals surface area contributed by atoms with Crippen molar-refractivity contribution >= 4 is 58.8 Å². The van der Waals surface area contributed by atoms with Crippen molar-refractivity contribution in [2.24, 2.45) is 0 Å². The molecule has 0 unspecified atom stereocenters. The van der Waals surface area contributed by atoms with Crippen molar-refractivity contribution in [2.75, 3.05) is 12.0 Å². The van der Waals surface area contributed by atoms with Crippen molar-refractivity contribution in [1.82, 2.24) is 5.32 Å². The highest BCUT2D eigenvalue weighted by atomic mass is 35.5. The van der Waals surface area contributed by atoms with Gasteiger partial charge < -0.3 is 14.6 Å². The summed E-state index contributed by atoms with van der Waals surface area (Å²) in [4.78, 5) is 49.9. The summed E-state index contributed by atoms with van der Waals surface area (Å²) in [6.45, 7) is 0.120. The number of rotatable bonds is 7. The molecular formula is C26H18Cl2N2O7. The number of nitrogens with one attached hydrogen (secondary N) is 1. The summed E-state index contributed by atoms with van der Waals surface area (Å²) in [6, 6.07) is 14.2. The maximum absolute atomic E-state index is 13.1. The van der Waals surface area contributed by atoms with Crippen molar-refractivity contribution in [2.45, 2.75) is 6.61 Å². The average Bonchev–Trinajstić information content (AvgIpc) is 2.86. The molecule has 0 aromatic heterocycles. The fourth-order valence-corrected chi connectivity index (χ4v) is 4.00. The minimum absolute atomic E-state index is 0.0287. The van der Waals surface area contributed by atoms with Gasteiger partial charge in [0.05, 0.1) is 23.4 Å². The van der Waals surface area contributed by atoms with E-state index in [0.717, 1.165) is 10.5 Å². The second kappa shape index (κ2) is 10.7. The van der Waals surface area contributed by atoms with E-state index in [2.05, 4.69) is 5.32 Å². The van der Waals surface area contributed by atoms with Crippen LogP contribution in [0.2, 0.25) is 10.0 Å². The number of halogens is 2. The molecule has 9 nitrogen and oxygen atoms in total. The molecule has 0 aliphatic carbocycles. The Morgan fingerprint density at radius 3 is 2.38 bits per heavy atom. The lowest BCUT2D eigenvalue weighted by atomic mass is 10.1. The van der Waals surface area contributed by atoms with Crippen molar-refractivity contribution in [3.63, 3.8) is 0 Å². The highest BCUT2D eigenvalue weighted by Crippen LogP contribution is 2.38. The van der Waals surface area contributed by atoms with Crippen LogP contribution in [0.15, 0.2) is 66.2 Å². The number of hydrogen-bond acceptors (Lipinski definition) is 6. The molecule has 37 heavy (non-hydrogen) atoms. The average molecular weight is 541 g/mol. The van der Waals surface area contributed by atoms with E-state index in [1.165, 1.54) is 49.6 Å². The predicted octanol–water partition coefficient (Wildman–Crippen LogP) is 4.95. The predicted molar refractivity (Wildman–Crippen MR) is 136 cm³/mol. The number of carboxylic acid groups (broad SMARTS) is 1. The first-order valence-corrected chi connectivity index (χ1v) is 11.4. The number of ether oxygens (including phenoxy) is 2. The molecule has 11 heteroatoms. The third-order valence-electron chi connectivity index (χ3n) is 5.37. The van der Waals surface area contributed by atoms with Gasteiger partial charge in [-0.1, -0.05) is 41.4 Å². The standard InChI is InChI=1S/C26H18Cl2N2O7/c1-36-21-12-14(11-20(28)22(21)37-13-16-4-2-3-5-19(16)27)10-18-23(31)29-26(35)30(24(18)32)17-8-6-15(7-9-17)25(33)34/h2-12H,13H2,1H3,(H,33,34)(H,29,31,35)/b18-10+. The molecule has 1 heterocycles. The van der Waals surface area contributed by atoms with E-state index in [-0.39, 0.29) is 40.0 Å². The summed E-state index contributed by atoms with van der Waals surface area (Å²) in [7, 11) is 1.41.